The Bertz CT molecular complexity index is 552. The van der Waals surface area contributed by atoms with E-state index in [1.807, 2.05) is 13.8 Å². The smallest absolute Gasteiger partial charge is 0.337 e. The fourth-order valence-electron chi connectivity index (χ4n) is 2.19. The molecule has 114 valence electrons. The number of carbonyl (C=O) groups excluding carboxylic acids is 2. The number of nitrogens with one attached hydrogen (secondary N) is 1. The molecule has 1 heterocycles. The highest BCUT2D eigenvalue weighted by Gasteiger charge is 2.37. The maximum atomic E-state index is 12.5. The van der Waals surface area contributed by atoms with Crippen LogP contribution in [0.3, 0.4) is 0 Å². The topological polar surface area (TPSA) is 49.4 Å². The molecule has 1 unspecified atom stereocenters. The molecule has 1 aliphatic heterocycles. The zero-order chi connectivity index (χ0) is 15.8. The molecule has 7 heteroatoms. The molecule has 1 fully saturated rings. The number of halogens is 3. The van der Waals surface area contributed by atoms with E-state index in [2.05, 4.69) is 5.32 Å². The number of amides is 3. The van der Waals surface area contributed by atoms with Gasteiger partial charge in [-0.25, -0.2) is 9.69 Å². The lowest BCUT2D eigenvalue weighted by molar-refractivity contribution is -0.137. The van der Waals surface area contributed by atoms with Gasteiger partial charge in [-0.2, -0.15) is 13.2 Å². The van der Waals surface area contributed by atoms with Crippen molar-refractivity contribution in [1.29, 1.82) is 0 Å². The predicted molar refractivity (Wildman–Crippen MR) is 70.7 cm³/mol. The van der Waals surface area contributed by atoms with Crippen molar-refractivity contribution in [2.75, 3.05) is 11.4 Å². The quantitative estimate of drug-likeness (QED) is 0.912. The van der Waals surface area contributed by atoms with E-state index < -0.39 is 23.7 Å². The summed E-state index contributed by atoms with van der Waals surface area (Å²) in [5.41, 5.74) is -0.688. The number of hydrogen-bond acceptors (Lipinski definition) is 2. The molecule has 1 aliphatic rings. The summed E-state index contributed by atoms with van der Waals surface area (Å²) < 4.78 is 37.6. The summed E-state index contributed by atoms with van der Waals surface area (Å²) in [4.78, 5) is 25.0. The predicted octanol–water partition coefficient (Wildman–Crippen LogP) is 3.03. The van der Waals surface area contributed by atoms with E-state index in [-0.39, 0.29) is 24.1 Å². The standard InChI is InChI=1S/C14H15F3N2O2/c1-8(2)11-7-18-13(21)19(12(11)20)10-5-3-9(4-6-10)14(15,16)17/h3-6,8,11H,7H2,1-2H3,(H,18,21). The van der Waals surface area contributed by atoms with Crippen molar-refractivity contribution in [2.24, 2.45) is 11.8 Å². The monoisotopic (exact) mass is 300 g/mol. The van der Waals surface area contributed by atoms with E-state index in [1.165, 1.54) is 0 Å². The number of alkyl halides is 3. The lowest BCUT2D eigenvalue weighted by atomic mass is 9.92. The van der Waals surface area contributed by atoms with Crippen molar-refractivity contribution in [3.8, 4) is 0 Å². The Morgan fingerprint density at radius 1 is 1.19 bits per heavy atom. The average Bonchev–Trinajstić information content (AvgIpc) is 2.38. The largest absolute Gasteiger partial charge is 0.416 e. The molecule has 1 saturated heterocycles. The molecule has 1 aromatic rings. The Balaban J connectivity index is 2.31. The van der Waals surface area contributed by atoms with E-state index in [4.69, 9.17) is 0 Å². The van der Waals surface area contributed by atoms with E-state index in [0.29, 0.717) is 0 Å². The molecule has 3 amide bonds. The van der Waals surface area contributed by atoms with Crippen LogP contribution in [0.25, 0.3) is 0 Å². The number of imide groups is 1. The highest BCUT2D eigenvalue weighted by Crippen LogP contribution is 2.31. The SMILES string of the molecule is CC(C)C1CNC(=O)N(c2ccc(C(F)(F)F)cc2)C1=O. The minimum atomic E-state index is -4.45. The van der Waals surface area contributed by atoms with Crippen LogP contribution in [0.2, 0.25) is 0 Å². The van der Waals surface area contributed by atoms with Crippen molar-refractivity contribution in [1.82, 2.24) is 5.32 Å². The third kappa shape index (κ3) is 3.01. The summed E-state index contributed by atoms with van der Waals surface area (Å²) in [6.07, 6.45) is -4.45. The molecule has 1 aromatic carbocycles. The van der Waals surface area contributed by atoms with Gasteiger partial charge in [0.15, 0.2) is 0 Å². The number of urea groups is 1. The fraction of sp³-hybridized carbons (Fsp3) is 0.429. The van der Waals surface area contributed by atoms with Crippen LogP contribution in [-0.2, 0) is 11.0 Å². The van der Waals surface area contributed by atoms with Gasteiger partial charge in [-0.3, -0.25) is 4.79 Å². The summed E-state index contributed by atoms with van der Waals surface area (Å²) >= 11 is 0. The Labute approximate surface area is 119 Å². The number of hydrogen-bond donors (Lipinski definition) is 1. The van der Waals surface area contributed by atoms with Crippen LogP contribution in [0.4, 0.5) is 23.7 Å². The first-order valence-electron chi connectivity index (χ1n) is 6.51. The molecule has 4 nitrogen and oxygen atoms in total. The van der Waals surface area contributed by atoms with E-state index in [9.17, 15) is 22.8 Å². The van der Waals surface area contributed by atoms with Crippen LogP contribution in [0.5, 0.6) is 0 Å². The third-order valence-electron chi connectivity index (χ3n) is 3.47. The Hall–Kier alpha value is -2.05. The minimum absolute atomic E-state index is 0.0232. The van der Waals surface area contributed by atoms with Gasteiger partial charge in [-0.1, -0.05) is 13.8 Å². The molecule has 0 aliphatic carbocycles. The lowest BCUT2D eigenvalue weighted by Crippen LogP contribution is -2.56. The second kappa shape index (κ2) is 5.38. The number of benzene rings is 1. The minimum Gasteiger partial charge on any atom is -0.337 e. The van der Waals surface area contributed by atoms with Crippen LogP contribution in [0.1, 0.15) is 19.4 Å². The Morgan fingerprint density at radius 2 is 1.76 bits per heavy atom. The first-order chi connectivity index (χ1) is 9.71. The summed E-state index contributed by atoms with van der Waals surface area (Å²) in [5.74, 6) is -0.756. The number of rotatable bonds is 2. The third-order valence-corrected chi connectivity index (χ3v) is 3.47. The van der Waals surface area contributed by atoms with Gasteiger partial charge in [0.1, 0.15) is 0 Å². The molecule has 1 N–H and O–H groups in total. The lowest BCUT2D eigenvalue weighted by Gasteiger charge is -2.33. The molecule has 0 spiro atoms. The Morgan fingerprint density at radius 3 is 2.24 bits per heavy atom. The summed E-state index contributed by atoms with van der Waals surface area (Å²) in [6, 6.07) is 3.35. The van der Waals surface area contributed by atoms with Gasteiger partial charge in [0, 0.05) is 6.54 Å². The first kappa shape index (κ1) is 15.3. The number of carbonyl (C=O) groups is 2. The highest BCUT2D eigenvalue weighted by atomic mass is 19.4. The van der Waals surface area contributed by atoms with Crippen LogP contribution in [0.15, 0.2) is 24.3 Å². The molecule has 0 bridgehead atoms. The van der Waals surface area contributed by atoms with Gasteiger partial charge in [0.05, 0.1) is 17.2 Å². The van der Waals surface area contributed by atoms with Crippen LogP contribution in [0, 0.1) is 11.8 Å². The van der Waals surface area contributed by atoms with Crippen LogP contribution < -0.4 is 10.2 Å². The maximum absolute atomic E-state index is 12.5. The van der Waals surface area contributed by atoms with Crippen molar-refractivity contribution in [3.05, 3.63) is 29.8 Å². The van der Waals surface area contributed by atoms with Gasteiger partial charge < -0.3 is 5.32 Å². The molecule has 0 aromatic heterocycles. The summed E-state index contributed by atoms with van der Waals surface area (Å²) in [5, 5.41) is 2.58. The van der Waals surface area contributed by atoms with Gasteiger partial charge in [-0.05, 0) is 30.2 Å². The second-order valence-corrected chi connectivity index (χ2v) is 5.25. The molecule has 21 heavy (non-hydrogen) atoms. The van der Waals surface area contributed by atoms with Crippen molar-refractivity contribution < 1.29 is 22.8 Å². The zero-order valence-electron chi connectivity index (χ0n) is 11.6. The highest BCUT2D eigenvalue weighted by molar-refractivity contribution is 6.16. The number of anilines is 1. The zero-order valence-corrected chi connectivity index (χ0v) is 11.6. The van der Waals surface area contributed by atoms with Crippen molar-refractivity contribution >= 4 is 17.6 Å². The van der Waals surface area contributed by atoms with E-state index in [1.54, 1.807) is 0 Å². The molecular weight excluding hydrogens is 285 g/mol. The van der Waals surface area contributed by atoms with Gasteiger partial charge >= 0.3 is 12.2 Å². The molecule has 1 atom stereocenters. The molecular formula is C14H15F3N2O2. The van der Waals surface area contributed by atoms with Crippen molar-refractivity contribution in [2.45, 2.75) is 20.0 Å². The van der Waals surface area contributed by atoms with E-state index in [0.717, 1.165) is 29.2 Å². The second-order valence-electron chi connectivity index (χ2n) is 5.25. The van der Waals surface area contributed by atoms with Crippen LogP contribution >= 0.6 is 0 Å². The maximum Gasteiger partial charge on any atom is 0.416 e. The van der Waals surface area contributed by atoms with Crippen molar-refractivity contribution in [3.63, 3.8) is 0 Å². The Kier molecular flexibility index (Phi) is 3.93. The molecule has 2 rings (SSSR count). The van der Waals surface area contributed by atoms with Gasteiger partial charge in [-0.15, -0.1) is 0 Å². The van der Waals surface area contributed by atoms with Gasteiger partial charge in [0.25, 0.3) is 0 Å². The summed E-state index contributed by atoms with van der Waals surface area (Å²) in [6.45, 7) is 3.95. The first-order valence-corrected chi connectivity index (χ1v) is 6.51. The summed E-state index contributed by atoms with van der Waals surface area (Å²) in [7, 11) is 0. The van der Waals surface area contributed by atoms with Gasteiger partial charge in [0.2, 0.25) is 5.91 Å². The number of nitrogens with zero attached hydrogens (tertiary/aromatic N) is 1. The fourth-order valence-corrected chi connectivity index (χ4v) is 2.19. The normalized spacial score (nSPS) is 19.9. The van der Waals surface area contributed by atoms with Crippen LogP contribution in [-0.4, -0.2) is 18.5 Å². The molecule has 0 radical (unpaired) electrons. The van der Waals surface area contributed by atoms with E-state index >= 15 is 0 Å². The molecule has 0 saturated carbocycles. The average molecular weight is 300 g/mol.